The molecule has 0 aliphatic heterocycles. The van der Waals surface area contributed by atoms with Crippen molar-refractivity contribution in [3.63, 3.8) is 0 Å². The smallest absolute Gasteiger partial charge is 0.166 e. The van der Waals surface area contributed by atoms with Crippen molar-refractivity contribution in [2.24, 2.45) is 11.0 Å². The summed E-state index contributed by atoms with van der Waals surface area (Å²) in [7, 11) is 0. The summed E-state index contributed by atoms with van der Waals surface area (Å²) in [6.45, 7) is 9.57. The van der Waals surface area contributed by atoms with Crippen molar-refractivity contribution in [3.05, 3.63) is 44.3 Å². The zero-order valence-corrected chi connectivity index (χ0v) is 15.8. The second kappa shape index (κ2) is 7.56. The Bertz CT molecular complexity index is 735. The zero-order chi connectivity index (χ0) is 17.1. The molecule has 2 heterocycles. The van der Waals surface area contributed by atoms with Crippen LogP contribution < -0.4 is 5.43 Å². The van der Waals surface area contributed by atoms with Crippen LogP contribution in [0.25, 0.3) is 0 Å². The Labute approximate surface area is 151 Å². The fourth-order valence-corrected chi connectivity index (χ4v) is 2.83. The van der Waals surface area contributed by atoms with Crippen LogP contribution in [0.3, 0.4) is 0 Å². The van der Waals surface area contributed by atoms with Gasteiger partial charge in [0.1, 0.15) is 5.15 Å². The molecule has 0 saturated carbocycles. The Hall–Kier alpha value is -1.23. The first-order chi connectivity index (χ1) is 10.8. The molecule has 2 rings (SSSR count). The molecule has 2 aromatic rings. The minimum absolute atomic E-state index is 0.184. The fraction of sp³-hybridized carbons (Fsp3) is 0.375. The molecule has 0 saturated heterocycles. The highest BCUT2D eigenvalue weighted by Gasteiger charge is 2.09. The van der Waals surface area contributed by atoms with Gasteiger partial charge >= 0.3 is 0 Å². The molecule has 0 spiro atoms. The van der Waals surface area contributed by atoms with Gasteiger partial charge in [0, 0.05) is 23.5 Å². The van der Waals surface area contributed by atoms with Gasteiger partial charge in [-0.25, -0.2) is 4.98 Å². The molecular weight excluding hydrogens is 355 g/mol. The van der Waals surface area contributed by atoms with Crippen molar-refractivity contribution in [2.75, 3.05) is 5.43 Å². The second-order valence-electron chi connectivity index (χ2n) is 5.79. The third-order valence-corrected chi connectivity index (χ3v) is 4.38. The van der Waals surface area contributed by atoms with E-state index in [2.05, 4.69) is 53.8 Å². The Morgan fingerprint density at radius 3 is 2.57 bits per heavy atom. The molecule has 0 atom stereocenters. The number of hydrogen-bond donors (Lipinski definition) is 1. The monoisotopic (exact) mass is 372 g/mol. The van der Waals surface area contributed by atoms with E-state index in [-0.39, 0.29) is 5.15 Å². The number of pyridine rings is 1. The lowest BCUT2D eigenvalue weighted by molar-refractivity contribution is 0.509. The van der Waals surface area contributed by atoms with Gasteiger partial charge in [0.15, 0.2) is 5.82 Å². The van der Waals surface area contributed by atoms with E-state index in [1.807, 2.05) is 0 Å². The quantitative estimate of drug-likeness (QED) is 0.423. The summed E-state index contributed by atoms with van der Waals surface area (Å²) in [5, 5.41) is 5.06. The van der Waals surface area contributed by atoms with Gasteiger partial charge in [0.2, 0.25) is 0 Å². The van der Waals surface area contributed by atoms with Gasteiger partial charge in [0.05, 0.1) is 16.3 Å². The van der Waals surface area contributed by atoms with Crippen LogP contribution in [0.1, 0.15) is 30.8 Å². The molecule has 1 N–H and O–H groups in total. The molecule has 0 fully saturated rings. The summed E-state index contributed by atoms with van der Waals surface area (Å²) in [4.78, 5) is 4.06. The number of halogens is 3. The first-order valence-corrected chi connectivity index (χ1v) is 8.40. The van der Waals surface area contributed by atoms with Crippen molar-refractivity contribution in [1.29, 1.82) is 0 Å². The number of rotatable bonds is 5. The number of anilines is 1. The first kappa shape index (κ1) is 18.1. The lowest BCUT2D eigenvalue weighted by atomic mass is 10.2. The van der Waals surface area contributed by atoms with E-state index in [0.717, 1.165) is 12.1 Å². The summed E-state index contributed by atoms with van der Waals surface area (Å²) < 4.78 is 2.29. The van der Waals surface area contributed by atoms with Gasteiger partial charge in [-0.3, -0.25) is 5.43 Å². The van der Waals surface area contributed by atoms with Crippen LogP contribution in [-0.4, -0.2) is 15.8 Å². The topological polar surface area (TPSA) is 42.2 Å². The molecule has 0 radical (unpaired) electrons. The standard InChI is InChI=1S/C16H19Cl3N4/c1-9(2)8-23-10(3)5-12(11(23)4)7-20-22-16-14(18)6-13(17)15(19)21-16/h5-7,9H,8H2,1-4H3,(H,21,22). The Morgan fingerprint density at radius 2 is 1.91 bits per heavy atom. The van der Waals surface area contributed by atoms with Crippen LogP contribution in [0, 0.1) is 19.8 Å². The maximum absolute atomic E-state index is 6.06. The third-order valence-electron chi connectivity index (χ3n) is 3.42. The maximum atomic E-state index is 6.06. The molecule has 0 unspecified atom stereocenters. The largest absolute Gasteiger partial charge is 0.348 e. The van der Waals surface area contributed by atoms with E-state index < -0.39 is 0 Å². The third kappa shape index (κ3) is 4.40. The SMILES string of the molecule is Cc1cc(C=NNc2nc(Cl)c(Cl)cc2Cl)c(C)n1CC(C)C. The lowest BCUT2D eigenvalue weighted by Crippen LogP contribution is -2.08. The number of hydrazone groups is 1. The van der Waals surface area contributed by atoms with Gasteiger partial charge < -0.3 is 4.57 Å². The number of nitrogens with zero attached hydrogens (tertiary/aromatic N) is 3. The summed E-state index contributed by atoms with van der Waals surface area (Å²) in [5.74, 6) is 0.954. The highest BCUT2D eigenvalue weighted by Crippen LogP contribution is 2.28. The minimum atomic E-state index is 0.184. The molecule has 4 nitrogen and oxygen atoms in total. The normalized spacial score (nSPS) is 11.7. The lowest BCUT2D eigenvalue weighted by Gasteiger charge is -2.11. The van der Waals surface area contributed by atoms with E-state index in [1.165, 1.54) is 17.5 Å². The summed E-state index contributed by atoms with van der Waals surface area (Å²) in [6.07, 6.45) is 1.75. The number of hydrogen-bond acceptors (Lipinski definition) is 3. The predicted molar refractivity (Wildman–Crippen MR) is 99.2 cm³/mol. The molecule has 2 aromatic heterocycles. The zero-order valence-electron chi connectivity index (χ0n) is 13.5. The van der Waals surface area contributed by atoms with Crippen LogP contribution in [0.15, 0.2) is 17.2 Å². The molecule has 7 heteroatoms. The highest BCUT2D eigenvalue weighted by molar-refractivity contribution is 6.42. The highest BCUT2D eigenvalue weighted by atomic mass is 35.5. The molecule has 0 aliphatic rings. The molecule has 0 bridgehead atoms. The van der Waals surface area contributed by atoms with Crippen molar-refractivity contribution >= 4 is 46.8 Å². The van der Waals surface area contributed by atoms with E-state index in [1.54, 1.807) is 6.21 Å². The minimum Gasteiger partial charge on any atom is -0.348 e. The van der Waals surface area contributed by atoms with E-state index in [4.69, 9.17) is 34.8 Å². The number of aromatic nitrogens is 2. The summed E-state index contributed by atoms with van der Waals surface area (Å²) in [5.41, 5.74) is 6.24. The molecular formula is C16H19Cl3N4. The van der Waals surface area contributed by atoms with Crippen molar-refractivity contribution < 1.29 is 0 Å². The maximum Gasteiger partial charge on any atom is 0.166 e. The van der Waals surface area contributed by atoms with Crippen molar-refractivity contribution in [3.8, 4) is 0 Å². The Kier molecular flexibility index (Phi) is 5.95. The molecule has 0 aromatic carbocycles. The van der Waals surface area contributed by atoms with Gasteiger partial charge in [-0.1, -0.05) is 48.7 Å². The van der Waals surface area contributed by atoms with Crippen LogP contribution in [0.4, 0.5) is 5.82 Å². The van der Waals surface area contributed by atoms with Crippen molar-refractivity contribution in [1.82, 2.24) is 9.55 Å². The predicted octanol–water partition coefficient (Wildman–Crippen LogP) is 5.56. The van der Waals surface area contributed by atoms with Crippen LogP contribution in [0.5, 0.6) is 0 Å². The number of nitrogens with one attached hydrogen (secondary N) is 1. The van der Waals surface area contributed by atoms with Gasteiger partial charge in [-0.05, 0) is 31.9 Å². The fourth-order valence-electron chi connectivity index (χ4n) is 2.29. The van der Waals surface area contributed by atoms with Crippen LogP contribution >= 0.6 is 34.8 Å². The van der Waals surface area contributed by atoms with Gasteiger partial charge in [-0.2, -0.15) is 5.10 Å². The van der Waals surface area contributed by atoms with Crippen LogP contribution in [0.2, 0.25) is 15.2 Å². The average molecular weight is 374 g/mol. The molecule has 0 amide bonds. The Morgan fingerprint density at radius 1 is 1.22 bits per heavy atom. The summed E-state index contributed by atoms with van der Waals surface area (Å²) >= 11 is 17.8. The summed E-state index contributed by atoms with van der Waals surface area (Å²) in [6, 6.07) is 3.64. The van der Waals surface area contributed by atoms with E-state index in [9.17, 15) is 0 Å². The molecule has 0 aliphatic carbocycles. The molecule has 23 heavy (non-hydrogen) atoms. The van der Waals surface area contributed by atoms with Crippen LogP contribution in [-0.2, 0) is 6.54 Å². The number of aryl methyl sites for hydroxylation is 1. The van der Waals surface area contributed by atoms with E-state index in [0.29, 0.717) is 21.8 Å². The average Bonchev–Trinajstić information content (AvgIpc) is 2.72. The van der Waals surface area contributed by atoms with Crippen molar-refractivity contribution in [2.45, 2.75) is 34.2 Å². The van der Waals surface area contributed by atoms with Gasteiger partial charge in [-0.15, -0.1) is 0 Å². The first-order valence-electron chi connectivity index (χ1n) is 7.27. The van der Waals surface area contributed by atoms with Gasteiger partial charge in [0.25, 0.3) is 0 Å². The second-order valence-corrected chi connectivity index (χ2v) is 6.96. The molecule has 124 valence electrons. The van der Waals surface area contributed by atoms with E-state index >= 15 is 0 Å². The Balaban J connectivity index is 2.17.